The van der Waals surface area contributed by atoms with Crippen LogP contribution < -0.4 is 4.90 Å². The van der Waals surface area contributed by atoms with Crippen molar-refractivity contribution in [1.82, 2.24) is 9.88 Å². The highest BCUT2D eigenvalue weighted by Gasteiger charge is 2.28. The van der Waals surface area contributed by atoms with Crippen LogP contribution >= 0.6 is 0 Å². The summed E-state index contributed by atoms with van der Waals surface area (Å²) in [5.41, 5.74) is 2.33. The van der Waals surface area contributed by atoms with E-state index >= 15 is 0 Å². The van der Waals surface area contributed by atoms with E-state index in [4.69, 9.17) is 4.98 Å². The highest BCUT2D eigenvalue weighted by Crippen LogP contribution is 2.32. The second kappa shape index (κ2) is 5.70. The van der Waals surface area contributed by atoms with E-state index in [1.807, 2.05) is 6.92 Å². The van der Waals surface area contributed by atoms with E-state index in [1.165, 1.54) is 24.9 Å². The first-order chi connectivity index (χ1) is 9.67. The van der Waals surface area contributed by atoms with Gasteiger partial charge in [0.05, 0.1) is 12.6 Å². The molecule has 2 heterocycles. The number of nitrogens with zero attached hydrogens (tertiary/aromatic N) is 3. The van der Waals surface area contributed by atoms with Crippen LogP contribution in [0, 0.1) is 12.8 Å². The van der Waals surface area contributed by atoms with Crippen LogP contribution in [0.3, 0.4) is 0 Å². The van der Waals surface area contributed by atoms with Gasteiger partial charge in [-0.25, -0.2) is 4.98 Å². The normalized spacial score (nSPS) is 24.1. The van der Waals surface area contributed by atoms with Crippen LogP contribution in [-0.4, -0.2) is 47.8 Å². The van der Waals surface area contributed by atoms with Crippen molar-refractivity contribution in [2.45, 2.75) is 38.8 Å². The third kappa shape index (κ3) is 2.96. The van der Waals surface area contributed by atoms with Crippen LogP contribution in [0.1, 0.15) is 30.5 Å². The molecule has 0 unspecified atom stereocenters. The third-order valence-electron chi connectivity index (χ3n) is 4.57. The van der Waals surface area contributed by atoms with Gasteiger partial charge in [0.25, 0.3) is 0 Å². The summed E-state index contributed by atoms with van der Waals surface area (Å²) in [5.74, 6) is 1.95. The molecule has 4 heteroatoms. The van der Waals surface area contributed by atoms with Gasteiger partial charge in [0, 0.05) is 37.9 Å². The molecule has 0 spiro atoms. The van der Waals surface area contributed by atoms with Crippen molar-refractivity contribution in [3.05, 3.63) is 23.4 Å². The molecule has 1 fully saturated rings. The molecule has 110 valence electrons. The maximum atomic E-state index is 9.67. The van der Waals surface area contributed by atoms with Gasteiger partial charge in [0.1, 0.15) is 5.82 Å². The molecule has 20 heavy (non-hydrogen) atoms. The Morgan fingerprint density at radius 1 is 1.30 bits per heavy atom. The molecule has 0 bridgehead atoms. The van der Waals surface area contributed by atoms with Crippen LogP contribution in [0.25, 0.3) is 0 Å². The Bertz CT molecular complexity index is 473. The Balaban J connectivity index is 1.88. The second-order valence-corrected chi connectivity index (χ2v) is 6.35. The van der Waals surface area contributed by atoms with Gasteiger partial charge in [0.2, 0.25) is 0 Å². The van der Waals surface area contributed by atoms with Gasteiger partial charge in [-0.05, 0) is 38.2 Å². The minimum atomic E-state index is 0.171. The minimum Gasteiger partial charge on any atom is -0.394 e. The van der Waals surface area contributed by atoms with Crippen LogP contribution in [0.15, 0.2) is 12.1 Å². The fraction of sp³-hybridized carbons (Fsp3) is 0.688. The van der Waals surface area contributed by atoms with E-state index in [0.29, 0.717) is 0 Å². The summed E-state index contributed by atoms with van der Waals surface area (Å²) in [6.07, 6.45) is 3.78. The van der Waals surface area contributed by atoms with Crippen molar-refractivity contribution < 1.29 is 5.11 Å². The lowest BCUT2D eigenvalue weighted by atomic mass is 10.1. The van der Waals surface area contributed by atoms with Crippen LogP contribution in [0.2, 0.25) is 0 Å². The number of likely N-dealkylation sites (N-methyl/N-ethyl adjacent to an activating group) is 1. The summed E-state index contributed by atoms with van der Waals surface area (Å²) in [6.45, 7) is 5.49. The predicted octanol–water partition coefficient (Wildman–Crippen LogP) is 1.80. The molecular weight excluding hydrogens is 250 g/mol. The zero-order valence-corrected chi connectivity index (χ0v) is 12.5. The molecule has 0 aromatic carbocycles. The standard InChI is InChI=1S/C16H25N3O/c1-12-3-6-14-10-19(9-13-4-5-13)8-7-15(11-20)18(2)16(14)17-12/h3,6,13,15,20H,4-5,7-11H2,1-2H3/t15-/m0/s1. The lowest BCUT2D eigenvalue weighted by Gasteiger charge is -2.35. The van der Waals surface area contributed by atoms with Crippen LogP contribution in [-0.2, 0) is 6.54 Å². The second-order valence-electron chi connectivity index (χ2n) is 6.35. The molecule has 1 aliphatic carbocycles. The van der Waals surface area contributed by atoms with E-state index < -0.39 is 0 Å². The molecular formula is C16H25N3O. The fourth-order valence-corrected chi connectivity index (χ4v) is 3.05. The number of hydrogen-bond acceptors (Lipinski definition) is 4. The first kappa shape index (κ1) is 13.8. The number of aliphatic hydroxyl groups is 1. The Hall–Kier alpha value is -1.13. The Labute approximate surface area is 121 Å². The maximum Gasteiger partial charge on any atom is 0.133 e. The monoisotopic (exact) mass is 275 g/mol. The topological polar surface area (TPSA) is 39.6 Å². The number of pyridine rings is 1. The van der Waals surface area contributed by atoms with Crippen molar-refractivity contribution >= 4 is 5.82 Å². The highest BCUT2D eigenvalue weighted by atomic mass is 16.3. The Morgan fingerprint density at radius 3 is 2.80 bits per heavy atom. The first-order valence-electron chi connectivity index (χ1n) is 7.70. The Kier molecular flexibility index (Phi) is 3.94. The van der Waals surface area contributed by atoms with E-state index in [-0.39, 0.29) is 12.6 Å². The van der Waals surface area contributed by atoms with Crippen molar-refractivity contribution in [1.29, 1.82) is 0 Å². The van der Waals surface area contributed by atoms with Gasteiger partial charge in [0.15, 0.2) is 0 Å². The third-order valence-corrected chi connectivity index (χ3v) is 4.57. The van der Waals surface area contributed by atoms with E-state index in [1.54, 1.807) is 0 Å². The fourth-order valence-electron chi connectivity index (χ4n) is 3.05. The zero-order chi connectivity index (χ0) is 14.1. The molecule has 1 atom stereocenters. The first-order valence-corrected chi connectivity index (χ1v) is 7.70. The number of rotatable bonds is 3. The Morgan fingerprint density at radius 2 is 2.10 bits per heavy atom. The zero-order valence-electron chi connectivity index (χ0n) is 12.5. The summed E-state index contributed by atoms with van der Waals surface area (Å²) >= 11 is 0. The average molecular weight is 275 g/mol. The number of fused-ring (bicyclic) bond motifs is 1. The summed E-state index contributed by atoms with van der Waals surface area (Å²) < 4.78 is 0. The molecule has 1 saturated carbocycles. The van der Waals surface area contributed by atoms with Gasteiger partial charge < -0.3 is 10.0 Å². The predicted molar refractivity (Wildman–Crippen MR) is 80.9 cm³/mol. The van der Waals surface area contributed by atoms with Gasteiger partial charge >= 0.3 is 0 Å². The molecule has 2 aliphatic rings. The van der Waals surface area contributed by atoms with Crippen LogP contribution in [0.4, 0.5) is 5.82 Å². The quantitative estimate of drug-likeness (QED) is 0.913. The summed E-state index contributed by atoms with van der Waals surface area (Å²) in [6, 6.07) is 4.47. The molecule has 0 amide bonds. The maximum absolute atomic E-state index is 9.67. The molecule has 0 saturated heterocycles. The van der Waals surface area contributed by atoms with E-state index in [9.17, 15) is 5.11 Å². The number of aromatic nitrogens is 1. The summed E-state index contributed by atoms with van der Waals surface area (Å²) in [7, 11) is 2.06. The van der Waals surface area contributed by atoms with E-state index in [2.05, 4.69) is 29.0 Å². The van der Waals surface area contributed by atoms with E-state index in [0.717, 1.165) is 36.9 Å². The van der Waals surface area contributed by atoms with Crippen LogP contribution in [0.5, 0.6) is 0 Å². The molecule has 4 nitrogen and oxygen atoms in total. The molecule has 1 N–H and O–H groups in total. The van der Waals surface area contributed by atoms with Crippen molar-refractivity contribution in [2.24, 2.45) is 5.92 Å². The van der Waals surface area contributed by atoms with Gasteiger partial charge in [-0.15, -0.1) is 0 Å². The summed E-state index contributed by atoms with van der Waals surface area (Å²) in [4.78, 5) is 9.42. The molecule has 3 rings (SSSR count). The molecule has 1 aromatic rings. The van der Waals surface area contributed by atoms with Crippen molar-refractivity contribution in [3.63, 3.8) is 0 Å². The van der Waals surface area contributed by atoms with Gasteiger partial charge in [-0.1, -0.05) is 6.07 Å². The lowest BCUT2D eigenvalue weighted by molar-refractivity contribution is 0.205. The molecule has 1 aliphatic heterocycles. The number of hydrogen-bond donors (Lipinski definition) is 1. The van der Waals surface area contributed by atoms with Gasteiger partial charge in [-0.3, -0.25) is 4.90 Å². The van der Waals surface area contributed by atoms with Crippen molar-refractivity contribution in [2.75, 3.05) is 31.6 Å². The highest BCUT2D eigenvalue weighted by molar-refractivity contribution is 5.48. The van der Waals surface area contributed by atoms with Gasteiger partial charge in [-0.2, -0.15) is 0 Å². The number of anilines is 1. The molecule has 0 radical (unpaired) electrons. The largest absolute Gasteiger partial charge is 0.394 e. The van der Waals surface area contributed by atoms with Crippen molar-refractivity contribution in [3.8, 4) is 0 Å². The smallest absolute Gasteiger partial charge is 0.133 e. The lowest BCUT2D eigenvalue weighted by Crippen LogP contribution is -2.42. The minimum absolute atomic E-state index is 0.171. The number of aliphatic hydroxyl groups excluding tert-OH is 1. The number of aryl methyl sites for hydroxylation is 1. The average Bonchev–Trinajstić information content (AvgIpc) is 3.23. The summed E-state index contributed by atoms with van der Waals surface area (Å²) in [5, 5.41) is 9.67. The molecule has 1 aromatic heterocycles. The SMILES string of the molecule is Cc1ccc2c(n1)N(C)[C@H](CO)CCN(CC1CC1)C2.